The molecule has 7 saturated carbocycles. The van der Waals surface area contributed by atoms with Crippen molar-refractivity contribution in [1.29, 1.82) is 0 Å². The number of cyclic esters (lactones) is 2. The SMILES string of the molecule is CC(C1=CC(=O)OC1=O)=c1ccsc1=C1C2C[C@@H]3C4CC5CC3[C@H](C2)[C@@H](C5)C14. The molecule has 1 aliphatic heterocycles. The van der Waals surface area contributed by atoms with Gasteiger partial charge in [0.25, 0.3) is 0 Å². The fourth-order valence-electron chi connectivity index (χ4n) is 8.60. The fraction of sp³-hybridized carbons (Fsp3) is 0.583. The highest BCUT2D eigenvalue weighted by molar-refractivity contribution is 7.07. The molecule has 1 aromatic heterocycles. The standard InChI is InChI=1S/C24H24O3S/c1-10(14-9-20(25)27-24(14)26)13-2-3-28-23(13)21-12-7-16-15-4-11-5-18(16)22(21)19(6-11)17(15)8-12/h2-3,9,11-12,15-19,22H,4-8H2,1H3/t11?,12?,15?,16-,17-,18+,19?,22?/m0/s1. The van der Waals surface area contributed by atoms with Gasteiger partial charge in [0.15, 0.2) is 0 Å². The van der Waals surface area contributed by atoms with Crippen molar-refractivity contribution < 1.29 is 14.3 Å². The topological polar surface area (TPSA) is 43.4 Å². The van der Waals surface area contributed by atoms with Gasteiger partial charge in [-0.05, 0) is 114 Å². The van der Waals surface area contributed by atoms with Crippen molar-refractivity contribution in [3.63, 3.8) is 0 Å². The molecule has 2 heterocycles. The zero-order chi connectivity index (χ0) is 18.7. The Bertz CT molecular complexity index is 1070. The molecule has 8 bridgehead atoms. The summed E-state index contributed by atoms with van der Waals surface area (Å²) in [4.78, 5) is 23.7. The Morgan fingerprint density at radius 1 is 1.00 bits per heavy atom. The first kappa shape index (κ1) is 16.2. The van der Waals surface area contributed by atoms with Gasteiger partial charge >= 0.3 is 11.9 Å². The van der Waals surface area contributed by atoms with Crippen molar-refractivity contribution in [2.24, 2.45) is 47.3 Å². The van der Waals surface area contributed by atoms with Crippen LogP contribution in [-0.4, -0.2) is 11.9 Å². The van der Waals surface area contributed by atoms with Crippen LogP contribution in [0.15, 0.2) is 23.1 Å². The predicted molar refractivity (Wildman–Crippen MR) is 106 cm³/mol. The van der Waals surface area contributed by atoms with Gasteiger partial charge in [0.05, 0.1) is 5.57 Å². The minimum atomic E-state index is -0.535. The summed E-state index contributed by atoms with van der Waals surface area (Å²) in [5, 5.41) is 3.33. The molecule has 144 valence electrons. The van der Waals surface area contributed by atoms with E-state index in [0.717, 1.165) is 58.1 Å². The van der Waals surface area contributed by atoms with Gasteiger partial charge < -0.3 is 4.74 Å². The average molecular weight is 393 g/mol. The monoisotopic (exact) mass is 392 g/mol. The van der Waals surface area contributed by atoms with Crippen LogP contribution in [0.3, 0.4) is 0 Å². The molecule has 8 aliphatic rings. The third-order valence-electron chi connectivity index (χ3n) is 9.26. The molecule has 5 unspecified atom stereocenters. The zero-order valence-corrected chi connectivity index (χ0v) is 16.8. The largest absolute Gasteiger partial charge is 0.386 e. The lowest BCUT2D eigenvalue weighted by Gasteiger charge is -2.70. The van der Waals surface area contributed by atoms with Crippen molar-refractivity contribution in [3.05, 3.63) is 32.8 Å². The summed E-state index contributed by atoms with van der Waals surface area (Å²) in [7, 11) is 0. The molecule has 1 aromatic rings. The Balaban J connectivity index is 1.46. The van der Waals surface area contributed by atoms with E-state index in [2.05, 4.69) is 11.4 Å². The quantitative estimate of drug-likeness (QED) is 0.545. The van der Waals surface area contributed by atoms with Crippen LogP contribution in [0, 0.1) is 47.3 Å². The summed E-state index contributed by atoms with van der Waals surface area (Å²) in [6, 6.07) is 2.15. The molecule has 9 rings (SSSR count). The first-order chi connectivity index (χ1) is 13.6. The molecular weight excluding hydrogens is 368 g/mol. The van der Waals surface area contributed by atoms with Crippen LogP contribution >= 0.6 is 11.3 Å². The molecule has 28 heavy (non-hydrogen) atoms. The fourth-order valence-corrected chi connectivity index (χ4v) is 9.73. The normalized spacial score (nSPS) is 47.7. The maximum Gasteiger partial charge on any atom is 0.346 e. The summed E-state index contributed by atoms with van der Waals surface area (Å²) in [5.74, 6) is 6.35. The van der Waals surface area contributed by atoms with Crippen LogP contribution in [0.4, 0.5) is 0 Å². The van der Waals surface area contributed by atoms with E-state index >= 15 is 0 Å². The van der Waals surface area contributed by atoms with E-state index < -0.39 is 11.9 Å². The van der Waals surface area contributed by atoms with E-state index in [1.165, 1.54) is 42.7 Å². The molecule has 0 radical (unpaired) electrons. The van der Waals surface area contributed by atoms with Gasteiger partial charge in [-0.25, -0.2) is 9.59 Å². The van der Waals surface area contributed by atoms with Crippen LogP contribution < -0.4 is 9.75 Å². The van der Waals surface area contributed by atoms with Crippen molar-refractivity contribution >= 4 is 34.4 Å². The second-order valence-corrected chi connectivity index (χ2v) is 11.0. The Labute approximate surface area is 168 Å². The molecule has 0 saturated heterocycles. The molecule has 7 aliphatic carbocycles. The Kier molecular flexibility index (Phi) is 3.04. The van der Waals surface area contributed by atoms with E-state index in [0.29, 0.717) is 5.57 Å². The van der Waals surface area contributed by atoms with Crippen LogP contribution in [0.5, 0.6) is 0 Å². The van der Waals surface area contributed by atoms with Gasteiger partial charge in [-0.3, -0.25) is 0 Å². The molecule has 0 aromatic carbocycles. The highest BCUT2D eigenvalue weighted by Gasteiger charge is 2.65. The smallest absolute Gasteiger partial charge is 0.346 e. The van der Waals surface area contributed by atoms with Crippen molar-refractivity contribution in [2.45, 2.75) is 39.0 Å². The van der Waals surface area contributed by atoms with Crippen LogP contribution in [0.2, 0.25) is 0 Å². The van der Waals surface area contributed by atoms with Crippen molar-refractivity contribution in [1.82, 2.24) is 0 Å². The minimum Gasteiger partial charge on any atom is -0.386 e. The van der Waals surface area contributed by atoms with E-state index in [1.807, 2.05) is 18.3 Å². The lowest BCUT2D eigenvalue weighted by molar-refractivity contribution is -0.163. The van der Waals surface area contributed by atoms with Gasteiger partial charge in [0.1, 0.15) is 0 Å². The number of thiophene rings is 1. The number of hydrogen-bond donors (Lipinski definition) is 0. The number of ether oxygens (including phenoxy) is 1. The summed E-state index contributed by atoms with van der Waals surface area (Å²) in [5.41, 5.74) is 3.07. The van der Waals surface area contributed by atoms with E-state index in [-0.39, 0.29) is 0 Å². The molecular formula is C24H24O3S. The Hall–Kier alpha value is -1.68. The Morgan fingerprint density at radius 2 is 1.68 bits per heavy atom. The van der Waals surface area contributed by atoms with Gasteiger partial charge in [-0.15, -0.1) is 11.3 Å². The molecule has 8 atom stereocenters. The Morgan fingerprint density at radius 3 is 2.36 bits per heavy atom. The molecule has 3 nitrogen and oxygen atoms in total. The molecule has 0 N–H and O–H groups in total. The van der Waals surface area contributed by atoms with Gasteiger partial charge in [-0.1, -0.05) is 0 Å². The van der Waals surface area contributed by atoms with Crippen molar-refractivity contribution in [2.75, 3.05) is 0 Å². The minimum absolute atomic E-state index is 0.440. The number of rotatable bonds is 1. The highest BCUT2D eigenvalue weighted by atomic mass is 32.1. The van der Waals surface area contributed by atoms with Crippen LogP contribution in [0.25, 0.3) is 11.1 Å². The first-order valence-corrected chi connectivity index (χ1v) is 11.7. The average Bonchev–Trinajstić information content (AvgIpc) is 3.30. The van der Waals surface area contributed by atoms with Crippen LogP contribution in [0.1, 0.15) is 39.0 Å². The van der Waals surface area contributed by atoms with E-state index in [1.54, 1.807) is 5.57 Å². The molecule has 0 amide bonds. The lowest BCUT2D eigenvalue weighted by atomic mass is 9.35. The van der Waals surface area contributed by atoms with Gasteiger partial charge in [0.2, 0.25) is 0 Å². The third kappa shape index (κ3) is 1.86. The first-order valence-electron chi connectivity index (χ1n) is 10.9. The summed E-state index contributed by atoms with van der Waals surface area (Å²) < 4.78 is 6.16. The van der Waals surface area contributed by atoms with E-state index in [4.69, 9.17) is 4.74 Å². The van der Waals surface area contributed by atoms with Crippen molar-refractivity contribution in [3.8, 4) is 0 Å². The molecule has 7 fully saturated rings. The summed E-state index contributed by atoms with van der Waals surface area (Å²) >= 11 is 1.85. The predicted octanol–water partition coefficient (Wildman–Crippen LogP) is 3.03. The van der Waals surface area contributed by atoms with Crippen LogP contribution in [-0.2, 0) is 14.3 Å². The number of esters is 2. The second kappa shape index (κ2) is 5.27. The highest BCUT2D eigenvalue weighted by Crippen LogP contribution is 2.72. The number of hydrogen-bond acceptors (Lipinski definition) is 4. The number of carbonyl (C=O) groups is 2. The lowest BCUT2D eigenvalue weighted by Crippen LogP contribution is -2.63. The maximum atomic E-state index is 12.1. The molecule has 4 heteroatoms. The third-order valence-corrected chi connectivity index (χ3v) is 10.2. The van der Waals surface area contributed by atoms with Gasteiger partial charge in [-0.2, -0.15) is 0 Å². The summed E-state index contributed by atoms with van der Waals surface area (Å²) in [6.45, 7) is 1.98. The molecule has 0 spiro atoms. The zero-order valence-electron chi connectivity index (χ0n) is 16.0. The second-order valence-electron chi connectivity index (χ2n) is 10.1. The van der Waals surface area contributed by atoms with Gasteiger partial charge in [0, 0.05) is 10.6 Å². The van der Waals surface area contributed by atoms with E-state index in [9.17, 15) is 9.59 Å². The number of carbonyl (C=O) groups excluding carboxylic acids is 2. The maximum absolute atomic E-state index is 12.1. The summed E-state index contributed by atoms with van der Waals surface area (Å²) in [6.07, 6.45) is 8.61.